The minimum absolute atomic E-state index is 0.213. The van der Waals surface area contributed by atoms with Crippen molar-refractivity contribution < 1.29 is 9.53 Å². The van der Waals surface area contributed by atoms with Gasteiger partial charge in [-0.25, -0.2) is 9.97 Å². The highest BCUT2D eigenvalue weighted by atomic mass is 16.5. The summed E-state index contributed by atoms with van der Waals surface area (Å²) >= 11 is 0. The molecule has 1 aliphatic heterocycles. The molecule has 3 rings (SSSR count). The van der Waals surface area contributed by atoms with E-state index < -0.39 is 6.10 Å². The maximum absolute atomic E-state index is 12.3. The van der Waals surface area contributed by atoms with Crippen LogP contribution in [-0.4, -0.2) is 46.6 Å². The van der Waals surface area contributed by atoms with Gasteiger partial charge in [0.1, 0.15) is 12.1 Å². The molecule has 25 heavy (non-hydrogen) atoms. The molecule has 1 aliphatic rings. The zero-order chi connectivity index (χ0) is 17.6. The maximum atomic E-state index is 12.3. The first-order chi connectivity index (χ1) is 12.2. The Hall–Kier alpha value is -3.49. The van der Waals surface area contributed by atoms with Crippen LogP contribution in [0.15, 0.2) is 36.7 Å². The number of ether oxygens (including phenoxy) is 1. The topological polar surface area (TPSA) is 115 Å². The van der Waals surface area contributed by atoms with Crippen LogP contribution < -0.4 is 5.32 Å². The van der Waals surface area contributed by atoms with E-state index >= 15 is 0 Å². The lowest BCUT2D eigenvalue weighted by Gasteiger charge is -2.28. The van der Waals surface area contributed by atoms with Crippen molar-refractivity contribution in [1.82, 2.24) is 14.9 Å². The average molecular weight is 334 g/mol. The van der Waals surface area contributed by atoms with Gasteiger partial charge in [0.15, 0.2) is 12.3 Å². The molecule has 1 amide bonds. The van der Waals surface area contributed by atoms with E-state index in [9.17, 15) is 4.79 Å². The van der Waals surface area contributed by atoms with Crippen molar-refractivity contribution in [2.75, 3.05) is 25.0 Å². The van der Waals surface area contributed by atoms with Crippen LogP contribution >= 0.6 is 0 Å². The monoisotopic (exact) mass is 334 g/mol. The number of carbonyl (C=O) groups excluding carboxylic acids is 1. The Balaban J connectivity index is 1.74. The second kappa shape index (κ2) is 7.39. The van der Waals surface area contributed by atoms with E-state index in [0.717, 1.165) is 5.56 Å². The Kier molecular flexibility index (Phi) is 4.84. The molecule has 1 saturated heterocycles. The van der Waals surface area contributed by atoms with Crippen LogP contribution in [0.1, 0.15) is 5.56 Å². The van der Waals surface area contributed by atoms with Gasteiger partial charge < -0.3 is 15.0 Å². The third kappa shape index (κ3) is 3.89. The summed E-state index contributed by atoms with van der Waals surface area (Å²) in [4.78, 5) is 22.0. The lowest BCUT2D eigenvalue weighted by molar-refractivity contribution is -0.131. The molecular weight excluding hydrogens is 320 g/mol. The van der Waals surface area contributed by atoms with Gasteiger partial charge in [-0.3, -0.25) is 4.79 Å². The van der Waals surface area contributed by atoms with Gasteiger partial charge in [0.05, 0.1) is 37.0 Å². The Morgan fingerprint density at radius 1 is 1.32 bits per heavy atom. The molecule has 1 fully saturated rings. The van der Waals surface area contributed by atoms with Crippen molar-refractivity contribution in [2.45, 2.75) is 6.10 Å². The highest BCUT2D eigenvalue weighted by Crippen LogP contribution is 2.20. The van der Waals surface area contributed by atoms with E-state index in [2.05, 4.69) is 21.4 Å². The number of benzene rings is 1. The normalized spacial score (nSPS) is 16.6. The minimum atomic E-state index is -0.728. The Morgan fingerprint density at radius 3 is 3.00 bits per heavy atom. The highest BCUT2D eigenvalue weighted by molar-refractivity contribution is 5.94. The molecule has 0 unspecified atom stereocenters. The maximum Gasteiger partial charge on any atom is 0.256 e. The number of aromatic nitrogens is 2. The third-order valence-corrected chi connectivity index (χ3v) is 3.71. The van der Waals surface area contributed by atoms with Crippen molar-refractivity contribution in [3.05, 3.63) is 42.2 Å². The van der Waals surface area contributed by atoms with Gasteiger partial charge >= 0.3 is 0 Å². The van der Waals surface area contributed by atoms with E-state index in [1.807, 2.05) is 12.3 Å². The summed E-state index contributed by atoms with van der Waals surface area (Å²) in [5.41, 5.74) is 1.86. The second-order valence-electron chi connectivity index (χ2n) is 5.38. The fourth-order valence-corrected chi connectivity index (χ4v) is 2.44. The summed E-state index contributed by atoms with van der Waals surface area (Å²) in [7, 11) is 0. The van der Waals surface area contributed by atoms with Gasteiger partial charge in [0, 0.05) is 11.6 Å². The number of morpholine rings is 1. The highest BCUT2D eigenvalue weighted by Gasteiger charge is 2.26. The zero-order valence-corrected chi connectivity index (χ0v) is 13.2. The van der Waals surface area contributed by atoms with Crippen LogP contribution in [0.25, 0.3) is 11.3 Å². The number of hydrogen-bond acceptors (Lipinski definition) is 7. The molecule has 1 atom stereocenters. The largest absolute Gasteiger partial charge is 0.365 e. The Labute approximate surface area is 144 Å². The summed E-state index contributed by atoms with van der Waals surface area (Å²) in [5, 5.41) is 20.6. The first kappa shape index (κ1) is 16.4. The van der Waals surface area contributed by atoms with Crippen LogP contribution in [-0.2, 0) is 9.53 Å². The summed E-state index contributed by atoms with van der Waals surface area (Å²) in [6.45, 7) is 1.01. The van der Waals surface area contributed by atoms with Crippen LogP contribution in [0.4, 0.5) is 5.82 Å². The van der Waals surface area contributed by atoms with Crippen molar-refractivity contribution in [1.29, 1.82) is 10.5 Å². The molecule has 0 spiro atoms. The number of nitrogens with one attached hydrogen (secondary N) is 1. The molecule has 0 saturated carbocycles. The van der Waals surface area contributed by atoms with Gasteiger partial charge in [0.25, 0.3) is 5.91 Å². The predicted molar refractivity (Wildman–Crippen MR) is 87.7 cm³/mol. The summed E-state index contributed by atoms with van der Waals surface area (Å²) in [6, 6.07) is 10.7. The number of nitrogens with zero attached hydrogens (tertiary/aromatic N) is 5. The van der Waals surface area contributed by atoms with Gasteiger partial charge in [-0.2, -0.15) is 10.5 Å². The van der Waals surface area contributed by atoms with Gasteiger partial charge in [-0.15, -0.1) is 0 Å². The molecule has 1 N–H and O–H groups in total. The predicted octanol–water partition coefficient (Wildman–Crippen LogP) is 1.14. The van der Waals surface area contributed by atoms with E-state index in [1.54, 1.807) is 24.3 Å². The third-order valence-electron chi connectivity index (χ3n) is 3.71. The molecule has 124 valence electrons. The van der Waals surface area contributed by atoms with E-state index in [-0.39, 0.29) is 12.5 Å². The molecule has 8 heteroatoms. The number of rotatable bonds is 3. The fraction of sp³-hybridized carbons (Fsp3) is 0.235. The molecular formula is C17H14N6O2. The quantitative estimate of drug-likeness (QED) is 0.837. The van der Waals surface area contributed by atoms with Crippen LogP contribution in [0, 0.1) is 22.8 Å². The van der Waals surface area contributed by atoms with Gasteiger partial charge in [-0.1, -0.05) is 12.1 Å². The molecule has 0 aliphatic carbocycles. The molecule has 1 aromatic heterocycles. The minimum Gasteiger partial charge on any atom is -0.365 e. The Bertz CT molecular complexity index is 870. The van der Waals surface area contributed by atoms with Crippen LogP contribution in [0.3, 0.4) is 0 Å². The number of amides is 1. The molecule has 0 bridgehead atoms. The van der Waals surface area contributed by atoms with E-state index in [4.69, 9.17) is 15.3 Å². The molecule has 2 heterocycles. The number of carbonyl (C=O) groups is 1. The second-order valence-corrected chi connectivity index (χ2v) is 5.38. The smallest absolute Gasteiger partial charge is 0.256 e. The standard InChI is InChI=1S/C17H14N6O2/c18-8-12-2-1-3-13(6-12)14-7-16(21-11-20-14)22-17(24)15-9-23(10-19)4-5-25-15/h1-3,6-7,11,15H,4-5,9H2,(H,20,21,22,24)/t15-/m1/s1. The lowest BCUT2D eigenvalue weighted by Crippen LogP contribution is -2.46. The number of nitriles is 2. The molecule has 8 nitrogen and oxygen atoms in total. The first-order valence-electron chi connectivity index (χ1n) is 7.59. The molecule has 1 aromatic carbocycles. The number of hydrogen-bond donors (Lipinski definition) is 1. The fourth-order valence-electron chi connectivity index (χ4n) is 2.44. The lowest BCUT2D eigenvalue weighted by atomic mass is 10.1. The first-order valence-corrected chi connectivity index (χ1v) is 7.59. The van der Waals surface area contributed by atoms with Gasteiger partial charge in [0.2, 0.25) is 0 Å². The van der Waals surface area contributed by atoms with Crippen LogP contribution in [0.2, 0.25) is 0 Å². The summed E-state index contributed by atoms with van der Waals surface area (Å²) in [6.07, 6.45) is 2.63. The van der Waals surface area contributed by atoms with Crippen molar-refractivity contribution in [3.8, 4) is 23.5 Å². The van der Waals surface area contributed by atoms with Crippen molar-refractivity contribution in [3.63, 3.8) is 0 Å². The molecule has 2 aromatic rings. The van der Waals surface area contributed by atoms with Gasteiger partial charge in [-0.05, 0) is 12.1 Å². The van der Waals surface area contributed by atoms with Crippen molar-refractivity contribution >= 4 is 11.7 Å². The van der Waals surface area contributed by atoms with E-state index in [0.29, 0.717) is 30.2 Å². The summed E-state index contributed by atoms with van der Waals surface area (Å²) < 4.78 is 5.40. The zero-order valence-electron chi connectivity index (χ0n) is 13.2. The molecule has 0 radical (unpaired) electrons. The van der Waals surface area contributed by atoms with Crippen molar-refractivity contribution in [2.24, 2.45) is 0 Å². The average Bonchev–Trinajstić information content (AvgIpc) is 2.68. The van der Waals surface area contributed by atoms with E-state index in [1.165, 1.54) is 11.2 Å². The number of anilines is 1. The van der Waals surface area contributed by atoms with Crippen LogP contribution in [0.5, 0.6) is 0 Å². The Morgan fingerprint density at radius 2 is 2.20 bits per heavy atom. The summed E-state index contributed by atoms with van der Waals surface area (Å²) in [5.74, 6) is -0.0367. The SMILES string of the molecule is N#Cc1cccc(-c2cc(NC(=O)[C@H]3CN(C#N)CCO3)ncn2)c1.